The number of hydrogen-bond donors (Lipinski definition) is 1. The number of methoxy groups -OCH3 is 1. The van der Waals surface area contributed by atoms with Gasteiger partial charge in [-0.1, -0.05) is 43.5 Å². The lowest BCUT2D eigenvalue weighted by Gasteiger charge is -2.33. The van der Waals surface area contributed by atoms with Crippen molar-refractivity contribution in [3.63, 3.8) is 0 Å². The number of para-hydroxylation sites is 1. The molecule has 3 aromatic rings. The lowest BCUT2D eigenvalue weighted by molar-refractivity contribution is 0.0419. The molecule has 37 heavy (non-hydrogen) atoms. The van der Waals surface area contributed by atoms with Crippen LogP contribution in [0.5, 0.6) is 0 Å². The van der Waals surface area contributed by atoms with E-state index in [1.165, 1.54) is 60.0 Å². The van der Waals surface area contributed by atoms with Crippen LogP contribution in [0.1, 0.15) is 66.8 Å². The summed E-state index contributed by atoms with van der Waals surface area (Å²) in [4.78, 5) is 17.0. The fraction of sp³-hybridized carbons (Fsp3) is 0.516. The van der Waals surface area contributed by atoms with Gasteiger partial charge < -0.3 is 24.2 Å². The predicted octanol–water partition coefficient (Wildman–Crippen LogP) is 5.99. The molecule has 6 rings (SSSR count). The van der Waals surface area contributed by atoms with Crippen LogP contribution in [0, 0.1) is 0 Å². The van der Waals surface area contributed by atoms with Gasteiger partial charge in [0.25, 0.3) is 0 Å². The highest BCUT2D eigenvalue weighted by atomic mass is 16.5. The molecule has 3 heterocycles. The maximum absolute atomic E-state index is 11.9. The third kappa shape index (κ3) is 4.66. The number of aromatic carboxylic acids is 1. The number of rotatable bonds is 6. The van der Waals surface area contributed by atoms with Gasteiger partial charge in [-0.3, -0.25) is 0 Å². The fourth-order valence-electron chi connectivity index (χ4n) is 6.99. The zero-order chi connectivity index (χ0) is 25.4. The lowest BCUT2D eigenvalue weighted by atomic mass is 9.81. The number of fused-ring (bicyclic) bond motifs is 5. The van der Waals surface area contributed by atoms with Gasteiger partial charge in [0, 0.05) is 68.5 Å². The van der Waals surface area contributed by atoms with Crippen LogP contribution in [0.3, 0.4) is 0 Å². The van der Waals surface area contributed by atoms with Crippen LogP contribution in [-0.2, 0) is 11.3 Å². The third-order valence-electron chi connectivity index (χ3n) is 9.01. The highest BCUT2D eigenvalue weighted by molar-refractivity contribution is 5.99. The van der Waals surface area contributed by atoms with Gasteiger partial charge in [0.05, 0.1) is 17.4 Å². The van der Waals surface area contributed by atoms with Crippen molar-refractivity contribution in [2.24, 2.45) is 0 Å². The summed E-state index contributed by atoms with van der Waals surface area (Å²) in [6, 6.07) is 14.7. The summed E-state index contributed by atoms with van der Waals surface area (Å²) < 4.78 is 8.01. The minimum absolute atomic E-state index is 0.372. The first-order chi connectivity index (χ1) is 18.1. The number of likely N-dealkylation sites (tertiary alicyclic amines) is 1. The van der Waals surface area contributed by atoms with Crippen LogP contribution in [0.4, 0.5) is 5.69 Å². The molecule has 1 N–H and O–H groups in total. The third-order valence-corrected chi connectivity index (χ3v) is 9.01. The molecule has 6 nitrogen and oxygen atoms in total. The Balaban J connectivity index is 1.39. The molecular weight excluding hydrogens is 462 g/mol. The summed E-state index contributed by atoms with van der Waals surface area (Å²) in [5.41, 5.74) is 6.83. The Morgan fingerprint density at radius 1 is 0.946 bits per heavy atom. The molecule has 0 spiro atoms. The SMILES string of the molecule is COC1CCN(CCN2CCn3c(c(C4CCCCC4)c4ccc(C(=O)O)cc43)-c3ccccc32)CC1. The van der Waals surface area contributed by atoms with Crippen molar-refractivity contribution in [2.45, 2.75) is 63.5 Å². The highest BCUT2D eigenvalue weighted by Crippen LogP contribution is 2.47. The average Bonchev–Trinajstić information content (AvgIpc) is 3.18. The number of nitrogens with zero attached hydrogens (tertiary/aromatic N) is 3. The van der Waals surface area contributed by atoms with Gasteiger partial charge in [-0.2, -0.15) is 0 Å². The number of hydrogen-bond acceptors (Lipinski definition) is 4. The molecule has 1 aromatic heterocycles. The van der Waals surface area contributed by atoms with E-state index in [1.807, 2.05) is 13.2 Å². The van der Waals surface area contributed by atoms with E-state index < -0.39 is 5.97 Å². The van der Waals surface area contributed by atoms with E-state index >= 15 is 0 Å². The molecule has 196 valence electrons. The van der Waals surface area contributed by atoms with Crippen molar-refractivity contribution >= 4 is 22.6 Å². The molecule has 0 unspecified atom stereocenters. The Morgan fingerprint density at radius 3 is 2.49 bits per heavy atom. The maximum atomic E-state index is 11.9. The summed E-state index contributed by atoms with van der Waals surface area (Å²) >= 11 is 0. The van der Waals surface area contributed by atoms with Gasteiger partial charge in [-0.25, -0.2) is 4.79 Å². The van der Waals surface area contributed by atoms with E-state index in [4.69, 9.17) is 4.74 Å². The second-order valence-electron chi connectivity index (χ2n) is 11.1. The van der Waals surface area contributed by atoms with Crippen molar-refractivity contribution in [3.05, 3.63) is 53.6 Å². The van der Waals surface area contributed by atoms with Gasteiger partial charge in [-0.15, -0.1) is 0 Å². The van der Waals surface area contributed by atoms with Crippen LogP contribution in [0.2, 0.25) is 0 Å². The van der Waals surface area contributed by atoms with Crippen LogP contribution in [-0.4, -0.2) is 66.5 Å². The molecule has 0 bridgehead atoms. The molecule has 1 aliphatic carbocycles. The van der Waals surface area contributed by atoms with Crippen LogP contribution >= 0.6 is 0 Å². The Bertz CT molecular complexity index is 1270. The Kier molecular flexibility index (Phi) is 6.96. The topological polar surface area (TPSA) is 57.9 Å². The van der Waals surface area contributed by atoms with Crippen LogP contribution < -0.4 is 4.90 Å². The summed E-state index contributed by atoms with van der Waals surface area (Å²) in [5, 5.41) is 11.0. The number of benzene rings is 2. The van der Waals surface area contributed by atoms with E-state index in [2.05, 4.69) is 44.7 Å². The molecule has 1 saturated carbocycles. The normalized spacial score (nSPS) is 19.5. The second-order valence-corrected chi connectivity index (χ2v) is 11.1. The van der Waals surface area contributed by atoms with Gasteiger partial charge in [0.15, 0.2) is 0 Å². The molecule has 0 amide bonds. The van der Waals surface area contributed by atoms with Crippen molar-refractivity contribution in [1.29, 1.82) is 0 Å². The molecule has 3 aliphatic rings. The summed E-state index contributed by atoms with van der Waals surface area (Å²) in [6.45, 7) is 6.03. The van der Waals surface area contributed by atoms with Crippen LogP contribution in [0.15, 0.2) is 42.5 Å². The molecule has 2 aliphatic heterocycles. The smallest absolute Gasteiger partial charge is 0.335 e. The highest BCUT2D eigenvalue weighted by Gasteiger charge is 2.30. The number of carboxylic acids is 1. The monoisotopic (exact) mass is 501 g/mol. The number of anilines is 1. The van der Waals surface area contributed by atoms with E-state index in [0.29, 0.717) is 17.6 Å². The van der Waals surface area contributed by atoms with E-state index in [1.54, 1.807) is 6.07 Å². The molecule has 6 heteroatoms. The van der Waals surface area contributed by atoms with Gasteiger partial charge in [0.1, 0.15) is 0 Å². The molecule has 0 radical (unpaired) electrons. The van der Waals surface area contributed by atoms with Gasteiger partial charge >= 0.3 is 5.97 Å². The fourth-order valence-corrected chi connectivity index (χ4v) is 6.99. The Labute approximate surface area is 219 Å². The first-order valence-corrected chi connectivity index (χ1v) is 14.1. The number of aromatic nitrogens is 1. The minimum atomic E-state index is -0.857. The summed E-state index contributed by atoms with van der Waals surface area (Å²) in [5.74, 6) is -0.325. The van der Waals surface area contributed by atoms with Crippen LogP contribution in [0.25, 0.3) is 22.2 Å². The average molecular weight is 502 g/mol. The molecule has 0 atom stereocenters. The molecule has 2 aromatic carbocycles. The number of carboxylic acid groups (broad SMARTS) is 1. The molecule has 1 saturated heterocycles. The maximum Gasteiger partial charge on any atom is 0.335 e. The Morgan fingerprint density at radius 2 is 1.73 bits per heavy atom. The predicted molar refractivity (Wildman–Crippen MR) is 149 cm³/mol. The lowest BCUT2D eigenvalue weighted by Crippen LogP contribution is -2.41. The standard InChI is InChI=1S/C31H39N3O3/c1-37-24-13-15-32(16-14-24)17-18-33-19-20-34-28-21-23(31(35)36)11-12-25(28)29(22-7-3-2-4-8-22)30(34)26-9-5-6-10-27(26)33/h5-6,9-12,21-22,24H,2-4,7-8,13-20H2,1H3,(H,35,36). The number of carbonyl (C=O) groups is 1. The first-order valence-electron chi connectivity index (χ1n) is 14.1. The molecule has 2 fully saturated rings. The second kappa shape index (κ2) is 10.5. The summed E-state index contributed by atoms with van der Waals surface area (Å²) in [6.07, 6.45) is 8.94. The summed E-state index contributed by atoms with van der Waals surface area (Å²) in [7, 11) is 1.83. The van der Waals surface area contributed by atoms with E-state index in [9.17, 15) is 9.90 Å². The largest absolute Gasteiger partial charge is 0.478 e. The van der Waals surface area contributed by atoms with E-state index in [-0.39, 0.29) is 0 Å². The minimum Gasteiger partial charge on any atom is -0.478 e. The van der Waals surface area contributed by atoms with Crippen molar-refractivity contribution in [3.8, 4) is 11.3 Å². The quantitative estimate of drug-likeness (QED) is 0.450. The number of ether oxygens (including phenoxy) is 1. The van der Waals surface area contributed by atoms with Gasteiger partial charge in [0.2, 0.25) is 0 Å². The van der Waals surface area contributed by atoms with Gasteiger partial charge in [-0.05, 0) is 55.4 Å². The van der Waals surface area contributed by atoms with Crippen molar-refractivity contribution in [1.82, 2.24) is 9.47 Å². The first kappa shape index (κ1) is 24.5. The number of piperidine rings is 1. The van der Waals surface area contributed by atoms with Crippen molar-refractivity contribution < 1.29 is 14.6 Å². The zero-order valence-electron chi connectivity index (χ0n) is 22.0. The molecular formula is C31H39N3O3. The zero-order valence-corrected chi connectivity index (χ0v) is 22.0. The van der Waals surface area contributed by atoms with Crippen molar-refractivity contribution in [2.75, 3.05) is 44.7 Å². The Hall–Kier alpha value is -2.83. The van der Waals surface area contributed by atoms with E-state index in [0.717, 1.165) is 57.6 Å².